The van der Waals surface area contributed by atoms with Gasteiger partial charge in [0.15, 0.2) is 0 Å². The van der Waals surface area contributed by atoms with Gasteiger partial charge in [-0.15, -0.1) is 0 Å². The van der Waals surface area contributed by atoms with Crippen LogP contribution in [0.1, 0.15) is 46.1 Å². The minimum atomic E-state index is 0.388. The molecule has 110 valence electrons. The highest BCUT2D eigenvalue weighted by molar-refractivity contribution is 5.48. The van der Waals surface area contributed by atoms with Gasteiger partial charge in [-0.25, -0.2) is 4.98 Å². The van der Waals surface area contributed by atoms with Gasteiger partial charge in [0, 0.05) is 18.8 Å². The number of anilines is 1. The summed E-state index contributed by atoms with van der Waals surface area (Å²) in [7, 11) is 1.92. The van der Waals surface area contributed by atoms with Gasteiger partial charge in [0.2, 0.25) is 0 Å². The van der Waals surface area contributed by atoms with Crippen molar-refractivity contribution in [2.24, 2.45) is 11.3 Å². The fourth-order valence-electron chi connectivity index (χ4n) is 2.81. The molecule has 2 heterocycles. The molecule has 0 bridgehead atoms. The topological polar surface area (TPSA) is 55.1 Å². The van der Waals surface area contributed by atoms with Crippen molar-refractivity contribution in [2.75, 3.05) is 12.4 Å². The van der Waals surface area contributed by atoms with E-state index in [1.165, 1.54) is 18.3 Å². The molecule has 0 saturated heterocycles. The maximum atomic E-state index is 4.35. The summed E-state index contributed by atoms with van der Waals surface area (Å²) in [4.78, 5) is 8.46. The molecule has 2 aromatic rings. The van der Waals surface area contributed by atoms with Crippen molar-refractivity contribution in [3.05, 3.63) is 18.1 Å². The van der Waals surface area contributed by atoms with Gasteiger partial charge in [0.25, 0.3) is 5.78 Å². The van der Waals surface area contributed by atoms with E-state index in [0.29, 0.717) is 17.1 Å². The van der Waals surface area contributed by atoms with Gasteiger partial charge in [0.05, 0.1) is 0 Å². The molecule has 0 radical (unpaired) electrons. The van der Waals surface area contributed by atoms with E-state index in [1.807, 2.05) is 13.2 Å². The zero-order valence-corrected chi connectivity index (χ0v) is 13.1. The summed E-state index contributed by atoms with van der Waals surface area (Å²) in [6.07, 6.45) is 6.86. The van der Waals surface area contributed by atoms with Crippen LogP contribution in [-0.4, -0.2) is 26.6 Å². The standard InChI is InChI=1S/C15H25N5/c1-11(8-15(2,3)4)6-7-12-9-17-14-18-10-19-20(14)13(12)16-5/h9-11,16H,6-8H2,1-5H3. The van der Waals surface area contributed by atoms with E-state index in [4.69, 9.17) is 0 Å². The van der Waals surface area contributed by atoms with Crippen molar-refractivity contribution in [1.29, 1.82) is 0 Å². The first-order valence-electron chi connectivity index (χ1n) is 7.26. The quantitative estimate of drug-likeness (QED) is 0.910. The van der Waals surface area contributed by atoms with Crippen LogP contribution < -0.4 is 5.32 Å². The van der Waals surface area contributed by atoms with Crippen molar-refractivity contribution in [3.8, 4) is 0 Å². The van der Waals surface area contributed by atoms with Crippen LogP contribution in [0.25, 0.3) is 5.78 Å². The maximum absolute atomic E-state index is 4.35. The average molecular weight is 275 g/mol. The zero-order chi connectivity index (χ0) is 14.8. The molecule has 1 unspecified atom stereocenters. The molecule has 2 rings (SSSR count). The van der Waals surface area contributed by atoms with E-state index in [-0.39, 0.29) is 0 Å². The molecule has 0 aliphatic heterocycles. The van der Waals surface area contributed by atoms with Crippen molar-refractivity contribution in [3.63, 3.8) is 0 Å². The molecular weight excluding hydrogens is 250 g/mol. The molecule has 0 amide bonds. The minimum absolute atomic E-state index is 0.388. The molecule has 0 aromatic carbocycles. The number of aryl methyl sites for hydroxylation is 1. The summed E-state index contributed by atoms with van der Waals surface area (Å²) in [6, 6.07) is 0. The number of hydrogen-bond acceptors (Lipinski definition) is 4. The van der Waals surface area contributed by atoms with Gasteiger partial charge in [-0.1, -0.05) is 27.7 Å². The average Bonchev–Trinajstić information content (AvgIpc) is 2.81. The van der Waals surface area contributed by atoms with E-state index < -0.39 is 0 Å². The molecule has 1 N–H and O–H groups in total. The smallest absolute Gasteiger partial charge is 0.254 e. The molecule has 0 aliphatic rings. The Bertz CT molecular complexity index is 567. The van der Waals surface area contributed by atoms with Gasteiger partial charge in [-0.2, -0.15) is 14.6 Å². The molecule has 1 atom stereocenters. The van der Waals surface area contributed by atoms with E-state index in [9.17, 15) is 0 Å². The Morgan fingerprint density at radius 3 is 2.70 bits per heavy atom. The van der Waals surface area contributed by atoms with Crippen LogP contribution in [0.5, 0.6) is 0 Å². The molecular formula is C15H25N5. The van der Waals surface area contributed by atoms with Crippen LogP contribution in [0, 0.1) is 11.3 Å². The van der Waals surface area contributed by atoms with Crippen LogP contribution in [0.15, 0.2) is 12.5 Å². The second-order valence-corrected chi connectivity index (χ2v) is 6.76. The first kappa shape index (κ1) is 14.8. The number of fused-ring (bicyclic) bond motifs is 1. The van der Waals surface area contributed by atoms with Gasteiger partial charge in [-0.05, 0) is 30.6 Å². The Balaban J connectivity index is 2.09. The molecule has 2 aromatic heterocycles. The Labute approximate surface area is 120 Å². The predicted octanol–water partition coefficient (Wildman–Crippen LogP) is 3.17. The Morgan fingerprint density at radius 2 is 2.05 bits per heavy atom. The minimum Gasteiger partial charge on any atom is -0.373 e. The molecule has 0 aliphatic carbocycles. The summed E-state index contributed by atoms with van der Waals surface area (Å²) < 4.78 is 1.77. The van der Waals surface area contributed by atoms with Crippen LogP contribution in [0.4, 0.5) is 5.82 Å². The molecule has 0 spiro atoms. The van der Waals surface area contributed by atoms with Gasteiger partial charge < -0.3 is 5.32 Å². The lowest BCUT2D eigenvalue weighted by Gasteiger charge is -2.23. The Hall–Kier alpha value is -1.65. The monoisotopic (exact) mass is 275 g/mol. The third-order valence-electron chi connectivity index (χ3n) is 3.49. The van der Waals surface area contributed by atoms with Gasteiger partial charge in [0.1, 0.15) is 12.1 Å². The molecule has 0 saturated carbocycles. The predicted molar refractivity (Wildman–Crippen MR) is 81.9 cm³/mol. The number of nitrogens with zero attached hydrogens (tertiary/aromatic N) is 4. The van der Waals surface area contributed by atoms with E-state index in [0.717, 1.165) is 18.7 Å². The van der Waals surface area contributed by atoms with Crippen molar-refractivity contribution in [2.45, 2.75) is 47.0 Å². The molecule has 0 fully saturated rings. The highest BCUT2D eigenvalue weighted by Gasteiger charge is 2.16. The first-order chi connectivity index (χ1) is 9.40. The lowest BCUT2D eigenvalue weighted by atomic mass is 9.83. The summed E-state index contributed by atoms with van der Waals surface area (Å²) in [5.41, 5.74) is 1.59. The summed E-state index contributed by atoms with van der Waals surface area (Å²) in [6.45, 7) is 9.22. The van der Waals surface area contributed by atoms with Crippen LogP contribution in [0.3, 0.4) is 0 Å². The SMILES string of the molecule is CNc1c(CCC(C)CC(C)(C)C)cnc2ncnn12. The van der Waals surface area contributed by atoms with Crippen LogP contribution in [-0.2, 0) is 6.42 Å². The molecule has 5 nitrogen and oxygen atoms in total. The fourth-order valence-corrected chi connectivity index (χ4v) is 2.81. The van der Waals surface area contributed by atoms with Crippen molar-refractivity contribution >= 4 is 11.6 Å². The summed E-state index contributed by atoms with van der Waals surface area (Å²) in [5.74, 6) is 2.34. The number of rotatable bonds is 5. The number of aromatic nitrogens is 4. The van der Waals surface area contributed by atoms with Crippen molar-refractivity contribution in [1.82, 2.24) is 19.6 Å². The lowest BCUT2D eigenvalue weighted by molar-refractivity contribution is 0.297. The third kappa shape index (κ3) is 3.46. The van der Waals surface area contributed by atoms with E-state index in [2.05, 4.69) is 48.1 Å². The maximum Gasteiger partial charge on any atom is 0.254 e. The third-order valence-corrected chi connectivity index (χ3v) is 3.49. The lowest BCUT2D eigenvalue weighted by Crippen LogP contribution is -2.12. The van der Waals surface area contributed by atoms with E-state index >= 15 is 0 Å². The van der Waals surface area contributed by atoms with Crippen LogP contribution >= 0.6 is 0 Å². The Morgan fingerprint density at radius 1 is 1.30 bits per heavy atom. The number of nitrogens with one attached hydrogen (secondary N) is 1. The normalized spacial score (nSPS) is 13.7. The highest BCUT2D eigenvalue weighted by Crippen LogP contribution is 2.27. The first-order valence-corrected chi connectivity index (χ1v) is 7.26. The zero-order valence-electron chi connectivity index (χ0n) is 13.1. The second kappa shape index (κ2) is 5.77. The summed E-state index contributed by atoms with van der Waals surface area (Å²) in [5, 5.41) is 7.43. The van der Waals surface area contributed by atoms with E-state index in [1.54, 1.807) is 4.52 Å². The van der Waals surface area contributed by atoms with Crippen LogP contribution in [0.2, 0.25) is 0 Å². The second-order valence-electron chi connectivity index (χ2n) is 6.76. The Kier molecular flexibility index (Phi) is 4.26. The number of hydrogen-bond donors (Lipinski definition) is 1. The van der Waals surface area contributed by atoms with Gasteiger partial charge >= 0.3 is 0 Å². The summed E-state index contributed by atoms with van der Waals surface area (Å²) >= 11 is 0. The largest absolute Gasteiger partial charge is 0.373 e. The molecule has 5 heteroatoms. The fraction of sp³-hybridized carbons (Fsp3) is 0.667. The van der Waals surface area contributed by atoms with Gasteiger partial charge in [-0.3, -0.25) is 0 Å². The van der Waals surface area contributed by atoms with Crippen molar-refractivity contribution < 1.29 is 0 Å². The highest BCUT2D eigenvalue weighted by atomic mass is 15.3. The molecule has 20 heavy (non-hydrogen) atoms.